The van der Waals surface area contributed by atoms with E-state index in [9.17, 15) is 0 Å². The maximum atomic E-state index is 5.53. The molecule has 22 heavy (non-hydrogen) atoms. The number of pyridine rings is 1. The van der Waals surface area contributed by atoms with Crippen LogP contribution in [-0.2, 0) is 14.1 Å². The van der Waals surface area contributed by atoms with Crippen molar-refractivity contribution >= 4 is 44.2 Å². The predicted octanol–water partition coefficient (Wildman–Crippen LogP) is 1.93. The van der Waals surface area contributed by atoms with E-state index >= 15 is 0 Å². The van der Waals surface area contributed by atoms with E-state index in [0.717, 1.165) is 5.03 Å². The van der Waals surface area contributed by atoms with Gasteiger partial charge in [-0.1, -0.05) is 12.6 Å². The zero-order valence-corrected chi connectivity index (χ0v) is 14.7. The van der Waals surface area contributed by atoms with Crippen molar-refractivity contribution in [3.8, 4) is 0 Å². The number of thiol groups is 1. The molecule has 3 aromatic rings. The highest BCUT2D eigenvalue weighted by Gasteiger charge is 2.22. The number of aryl methyl sites for hydroxylation is 2. The summed E-state index contributed by atoms with van der Waals surface area (Å²) in [4.78, 5) is 0. The highest BCUT2D eigenvalue weighted by Crippen LogP contribution is 2.05. The summed E-state index contributed by atoms with van der Waals surface area (Å²) in [5, 5.41) is 0.823. The van der Waals surface area contributed by atoms with E-state index in [4.69, 9.17) is 24.4 Å². The Morgan fingerprint density at radius 3 is 1.91 bits per heavy atom. The molecule has 0 amide bonds. The zero-order valence-electron chi connectivity index (χ0n) is 12.2. The summed E-state index contributed by atoms with van der Waals surface area (Å²) in [6.45, 7) is 0. The van der Waals surface area contributed by atoms with Gasteiger partial charge in [0.2, 0.25) is 0 Å². The second-order valence-corrected chi connectivity index (χ2v) is 6.20. The molecule has 3 rings (SSSR count). The minimum Gasteiger partial charge on any atom is -0.437 e. The molecular weight excluding hydrogens is 333 g/mol. The molecule has 0 aliphatic rings. The molecule has 3 heterocycles. The van der Waals surface area contributed by atoms with Crippen LogP contribution in [0.25, 0.3) is 0 Å². The van der Waals surface area contributed by atoms with E-state index in [0.29, 0.717) is 9.54 Å². The molecule has 0 spiro atoms. The van der Waals surface area contributed by atoms with Gasteiger partial charge < -0.3 is 22.6 Å². The minimum atomic E-state index is -0.240. The van der Waals surface area contributed by atoms with E-state index in [-0.39, 0.29) is 7.12 Å². The Morgan fingerprint density at radius 2 is 1.50 bits per heavy atom. The highest BCUT2D eigenvalue weighted by atomic mass is 32.1. The molecule has 0 saturated heterocycles. The molecule has 0 N–H and O–H groups in total. The average Bonchev–Trinajstić information content (AvgIpc) is 3.00. The lowest BCUT2D eigenvalue weighted by molar-refractivity contribution is -0.585. The summed E-state index contributed by atoms with van der Waals surface area (Å²) in [6.07, 6.45) is 9.74. The summed E-state index contributed by atoms with van der Waals surface area (Å²) in [7, 11) is 3.62. The number of nitrogens with zero attached hydrogens (tertiary/aromatic N) is 5. The Bertz CT molecular complexity index is 881. The van der Waals surface area contributed by atoms with Crippen molar-refractivity contribution in [3.05, 3.63) is 58.7 Å². The smallest absolute Gasteiger partial charge is 0.437 e. The SMILES string of the molecule is Cn1ccn([B-](n2ccn(C)c2=S)[n+]2ccccc2S)c1=S. The first kappa shape index (κ1) is 15.3. The largest absolute Gasteiger partial charge is 0.463 e. The van der Waals surface area contributed by atoms with Crippen LogP contribution in [0.5, 0.6) is 0 Å². The van der Waals surface area contributed by atoms with Gasteiger partial charge in [-0.15, -0.1) is 0 Å². The molecule has 0 aliphatic carbocycles. The molecule has 0 aromatic carbocycles. The summed E-state index contributed by atoms with van der Waals surface area (Å²) >= 11 is 15.6. The summed E-state index contributed by atoms with van der Waals surface area (Å²) < 4.78 is 11.2. The van der Waals surface area contributed by atoms with Crippen LogP contribution in [0, 0.1) is 9.54 Å². The van der Waals surface area contributed by atoms with Crippen molar-refractivity contribution in [2.75, 3.05) is 0 Å². The first-order valence-electron chi connectivity index (χ1n) is 6.67. The van der Waals surface area contributed by atoms with Crippen LogP contribution in [0.1, 0.15) is 0 Å². The second-order valence-electron chi connectivity index (χ2n) is 5.01. The average molecular weight is 348 g/mol. The summed E-state index contributed by atoms with van der Waals surface area (Å²) in [5.74, 6) is 0. The van der Waals surface area contributed by atoms with E-state index in [1.807, 2.05) is 85.8 Å². The molecular formula is C13H15BN5S3. The molecule has 0 aliphatic heterocycles. The van der Waals surface area contributed by atoms with Crippen LogP contribution in [0.15, 0.2) is 54.2 Å². The van der Waals surface area contributed by atoms with Gasteiger partial charge in [0.15, 0.2) is 5.03 Å². The van der Waals surface area contributed by atoms with E-state index < -0.39 is 0 Å². The highest BCUT2D eigenvalue weighted by molar-refractivity contribution is 7.80. The van der Waals surface area contributed by atoms with E-state index in [2.05, 4.69) is 12.6 Å². The molecule has 1 radical (unpaired) electrons. The molecule has 0 bridgehead atoms. The molecule has 0 saturated carbocycles. The minimum absolute atomic E-state index is 0.240. The third-order valence-corrected chi connectivity index (χ3v) is 4.94. The molecule has 0 fully saturated rings. The number of hydrogen-bond acceptors (Lipinski definition) is 3. The lowest BCUT2D eigenvalue weighted by atomic mass is 9.92. The second kappa shape index (κ2) is 5.90. The maximum Gasteiger partial charge on any atom is 0.463 e. The van der Waals surface area contributed by atoms with Gasteiger partial charge in [-0.05, 0) is 49.0 Å². The van der Waals surface area contributed by atoms with Gasteiger partial charge in [-0.25, -0.2) is 0 Å². The summed E-state index contributed by atoms with van der Waals surface area (Å²) in [6, 6.07) is 5.85. The van der Waals surface area contributed by atoms with Gasteiger partial charge in [0.1, 0.15) is 15.7 Å². The van der Waals surface area contributed by atoms with Gasteiger partial charge in [-0.3, -0.25) is 0 Å². The Balaban J connectivity index is 2.31. The first-order valence-corrected chi connectivity index (χ1v) is 7.93. The third kappa shape index (κ3) is 2.49. The van der Waals surface area contributed by atoms with Gasteiger partial charge in [-0.2, -0.15) is 0 Å². The Kier molecular flexibility index (Phi) is 4.11. The Hall–Kier alpha value is -1.58. The first-order chi connectivity index (χ1) is 10.5. The molecule has 0 atom stereocenters. The molecule has 3 aromatic heterocycles. The van der Waals surface area contributed by atoms with Crippen LogP contribution in [0.4, 0.5) is 0 Å². The van der Waals surface area contributed by atoms with Crippen molar-refractivity contribution < 1.29 is 4.48 Å². The van der Waals surface area contributed by atoms with Crippen LogP contribution in [-0.4, -0.2) is 25.2 Å². The molecule has 113 valence electrons. The molecule has 0 unspecified atom stereocenters. The predicted molar refractivity (Wildman–Crippen MR) is 94.3 cm³/mol. The van der Waals surface area contributed by atoms with Gasteiger partial charge in [0.25, 0.3) is 0 Å². The molecule has 9 heteroatoms. The lowest BCUT2D eigenvalue weighted by Gasteiger charge is -2.25. The third-order valence-electron chi connectivity index (χ3n) is 3.56. The number of aromatic nitrogens is 5. The standard InChI is InChI=1S/C13H14BN5S3/c1-15-7-9-18(12(15)21)14(17-6-4-3-5-11(17)20)19-10-8-16(2)13(19)22/h3-10H,1-2H3/q-1/p+1. The number of rotatable bonds is 3. The monoisotopic (exact) mass is 348 g/mol. The van der Waals surface area contributed by atoms with Gasteiger partial charge in [0.05, 0.1) is 0 Å². The van der Waals surface area contributed by atoms with E-state index in [1.54, 1.807) is 0 Å². The fraction of sp³-hybridized carbons (Fsp3) is 0.154. The Morgan fingerprint density at radius 1 is 0.955 bits per heavy atom. The summed E-state index contributed by atoms with van der Waals surface area (Å²) in [5.41, 5.74) is 0. The normalized spacial score (nSPS) is 11.3. The fourth-order valence-corrected chi connectivity index (χ4v) is 3.05. The number of imidazole rings is 2. The fourth-order valence-electron chi connectivity index (χ4n) is 2.36. The van der Waals surface area contributed by atoms with Crippen LogP contribution >= 0.6 is 37.1 Å². The number of hydrogen-bond donors (Lipinski definition) is 1. The maximum absolute atomic E-state index is 5.53. The van der Waals surface area contributed by atoms with E-state index in [1.165, 1.54) is 0 Å². The topological polar surface area (TPSA) is 23.6 Å². The van der Waals surface area contributed by atoms with Crippen molar-refractivity contribution in [2.24, 2.45) is 14.1 Å². The van der Waals surface area contributed by atoms with Gasteiger partial charge in [0, 0.05) is 32.6 Å². The lowest BCUT2D eigenvalue weighted by Crippen LogP contribution is -2.61. The Labute approximate surface area is 144 Å². The van der Waals surface area contributed by atoms with Crippen molar-refractivity contribution in [2.45, 2.75) is 5.03 Å². The van der Waals surface area contributed by atoms with Crippen molar-refractivity contribution in [1.82, 2.24) is 18.1 Å². The van der Waals surface area contributed by atoms with Crippen molar-refractivity contribution in [1.29, 1.82) is 0 Å². The quantitative estimate of drug-likeness (QED) is 0.444. The van der Waals surface area contributed by atoms with Crippen LogP contribution < -0.4 is 4.48 Å². The molecule has 5 nitrogen and oxygen atoms in total. The zero-order chi connectivity index (χ0) is 15.9. The van der Waals surface area contributed by atoms with Crippen LogP contribution in [0.2, 0.25) is 0 Å². The van der Waals surface area contributed by atoms with Crippen LogP contribution in [0.3, 0.4) is 0 Å². The van der Waals surface area contributed by atoms with Crippen molar-refractivity contribution in [3.63, 3.8) is 0 Å². The van der Waals surface area contributed by atoms with Gasteiger partial charge >= 0.3 is 7.12 Å².